The Kier molecular flexibility index (Phi) is 6.34. The van der Waals surface area contributed by atoms with Crippen molar-refractivity contribution >= 4 is 23.5 Å². The van der Waals surface area contributed by atoms with E-state index in [-0.39, 0.29) is 5.91 Å². The molecule has 3 rings (SSSR count). The Balaban J connectivity index is 1.49. The van der Waals surface area contributed by atoms with Gasteiger partial charge in [-0.3, -0.25) is 14.5 Å². The molecule has 0 aliphatic carbocycles. The Bertz CT molecular complexity index is 801. The second-order valence-corrected chi connectivity index (χ2v) is 7.05. The first-order chi connectivity index (χ1) is 13.0. The highest BCUT2D eigenvalue weighted by atomic mass is 35.5. The van der Waals surface area contributed by atoms with Crippen molar-refractivity contribution in [1.29, 1.82) is 0 Å². The van der Waals surface area contributed by atoms with Crippen molar-refractivity contribution < 1.29 is 4.79 Å². The highest BCUT2D eigenvalue weighted by Crippen LogP contribution is 2.13. The van der Waals surface area contributed by atoms with E-state index >= 15 is 0 Å². The summed E-state index contributed by atoms with van der Waals surface area (Å²) in [6, 6.07) is 7.62. The maximum Gasteiger partial charge on any atom is 0.242 e. The van der Waals surface area contributed by atoms with Crippen molar-refractivity contribution in [2.45, 2.75) is 13.0 Å². The monoisotopic (exact) mass is 388 g/mol. The summed E-state index contributed by atoms with van der Waals surface area (Å²) < 4.78 is 1.79. The topological polar surface area (TPSA) is 65.8 Å². The van der Waals surface area contributed by atoms with Gasteiger partial charge in [0.15, 0.2) is 5.96 Å². The number of amides is 1. The number of rotatable bonds is 5. The Morgan fingerprint density at radius 1 is 1.26 bits per heavy atom. The third kappa shape index (κ3) is 5.23. The zero-order chi connectivity index (χ0) is 19.2. The predicted octanol–water partition coefficient (Wildman–Crippen LogP) is 1.54. The van der Waals surface area contributed by atoms with Crippen molar-refractivity contribution in [3.63, 3.8) is 0 Å². The van der Waals surface area contributed by atoms with Crippen LogP contribution in [0, 0.1) is 0 Å². The molecule has 1 aromatic heterocycles. The van der Waals surface area contributed by atoms with Gasteiger partial charge in [0, 0.05) is 51.5 Å². The number of aromatic nitrogens is 2. The van der Waals surface area contributed by atoms with Crippen molar-refractivity contribution in [2.24, 2.45) is 12.0 Å². The molecule has 8 heteroatoms. The van der Waals surface area contributed by atoms with Crippen LogP contribution >= 0.6 is 11.6 Å². The lowest BCUT2D eigenvalue weighted by Gasteiger charge is -2.36. The lowest BCUT2D eigenvalue weighted by atomic mass is 10.2. The summed E-state index contributed by atoms with van der Waals surface area (Å²) in [6.07, 6.45) is 4.73. The Morgan fingerprint density at radius 2 is 2.04 bits per heavy atom. The quantitative estimate of drug-likeness (QED) is 0.623. The first kappa shape index (κ1) is 19.2. The summed E-state index contributed by atoms with van der Waals surface area (Å²) >= 11 is 5.92. The van der Waals surface area contributed by atoms with E-state index < -0.39 is 0 Å². The molecule has 0 radical (unpaired) electrons. The zero-order valence-electron chi connectivity index (χ0n) is 15.7. The largest absolute Gasteiger partial charge is 0.356 e. The van der Waals surface area contributed by atoms with Gasteiger partial charge < -0.3 is 15.1 Å². The molecule has 7 nitrogen and oxygen atoms in total. The SMILES string of the molecule is CN=C(NCCc1cnn(C)c1)N1CCN(Cc2ccc(Cl)cc2)C(=O)C1. The van der Waals surface area contributed by atoms with Crippen LogP contribution in [0.25, 0.3) is 0 Å². The molecule has 144 valence electrons. The number of carbonyl (C=O) groups excluding carboxylic acids is 1. The summed E-state index contributed by atoms with van der Waals surface area (Å²) in [5, 5.41) is 8.22. The van der Waals surface area contributed by atoms with E-state index in [1.165, 1.54) is 5.56 Å². The number of nitrogens with zero attached hydrogens (tertiary/aromatic N) is 5. The highest BCUT2D eigenvalue weighted by Gasteiger charge is 2.25. The van der Waals surface area contributed by atoms with Crippen LogP contribution in [0.5, 0.6) is 0 Å². The van der Waals surface area contributed by atoms with Gasteiger partial charge in [-0.1, -0.05) is 23.7 Å². The summed E-state index contributed by atoms with van der Waals surface area (Å²) in [7, 11) is 3.65. The molecule has 1 aliphatic rings. The van der Waals surface area contributed by atoms with Crippen LogP contribution in [0.4, 0.5) is 0 Å². The lowest BCUT2D eigenvalue weighted by molar-refractivity contribution is -0.135. The second kappa shape index (κ2) is 8.90. The smallest absolute Gasteiger partial charge is 0.242 e. The molecule has 1 aromatic carbocycles. The van der Waals surface area contributed by atoms with E-state index in [4.69, 9.17) is 11.6 Å². The van der Waals surface area contributed by atoms with Crippen LogP contribution in [0.1, 0.15) is 11.1 Å². The van der Waals surface area contributed by atoms with Crippen molar-refractivity contribution in [2.75, 3.05) is 33.2 Å². The number of carbonyl (C=O) groups is 1. The summed E-state index contributed by atoms with van der Waals surface area (Å²) in [5.74, 6) is 0.866. The third-order valence-electron chi connectivity index (χ3n) is 4.57. The second-order valence-electron chi connectivity index (χ2n) is 6.61. The van der Waals surface area contributed by atoms with Crippen molar-refractivity contribution in [1.82, 2.24) is 24.9 Å². The average Bonchev–Trinajstić information content (AvgIpc) is 3.07. The van der Waals surface area contributed by atoms with E-state index in [9.17, 15) is 4.79 Å². The van der Waals surface area contributed by atoms with Gasteiger partial charge in [0.05, 0.1) is 12.7 Å². The summed E-state index contributed by atoms with van der Waals surface area (Å²) in [5.41, 5.74) is 2.25. The van der Waals surface area contributed by atoms with Crippen LogP contribution in [-0.4, -0.2) is 64.7 Å². The minimum atomic E-state index is 0.103. The molecule has 1 amide bonds. The fourth-order valence-electron chi connectivity index (χ4n) is 3.12. The molecule has 0 unspecified atom stereocenters. The third-order valence-corrected chi connectivity index (χ3v) is 4.82. The van der Waals surface area contributed by atoms with Gasteiger partial charge in [-0.2, -0.15) is 5.10 Å². The van der Waals surface area contributed by atoms with Crippen LogP contribution in [-0.2, 0) is 24.8 Å². The van der Waals surface area contributed by atoms with Gasteiger partial charge in [0.1, 0.15) is 0 Å². The number of hydrogen-bond donors (Lipinski definition) is 1. The first-order valence-corrected chi connectivity index (χ1v) is 9.38. The number of guanidine groups is 1. The predicted molar refractivity (Wildman–Crippen MR) is 107 cm³/mol. The van der Waals surface area contributed by atoms with E-state index in [1.54, 1.807) is 11.7 Å². The number of benzene rings is 1. The molecule has 0 saturated carbocycles. The van der Waals surface area contributed by atoms with Gasteiger partial charge in [0.2, 0.25) is 5.91 Å². The number of piperazine rings is 1. The van der Waals surface area contributed by atoms with Crippen LogP contribution in [0.2, 0.25) is 5.02 Å². The van der Waals surface area contributed by atoms with E-state index in [0.29, 0.717) is 24.7 Å². The van der Waals surface area contributed by atoms with Gasteiger partial charge in [-0.05, 0) is 29.7 Å². The highest BCUT2D eigenvalue weighted by molar-refractivity contribution is 6.30. The number of hydrogen-bond acceptors (Lipinski definition) is 3. The van der Waals surface area contributed by atoms with E-state index in [0.717, 1.165) is 31.0 Å². The fourth-order valence-corrected chi connectivity index (χ4v) is 3.24. The number of aryl methyl sites for hydroxylation is 1. The molecule has 27 heavy (non-hydrogen) atoms. The van der Waals surface area contributed by atoms with E-state index in [1.807, 2.05) is 53.5 Å². The van der Waals surface area contributed by atoms with Crippen LogP contribution in [0.15, 0.2) is 41.7 Å². The minimum absolute atomic E-state index is 0.103. The Labute approximate surface area is 164 Å². The number of aliphatic imine (C=N–C) groups is 1. The maximum absolute atomic E-state index is 12.6. The molecule has 1 fully saturated rings. The first-order valence-electron chi connectivity index (χ1n) is 9.00. The molecular weight excluding hydrogens is 364 g/mol. The number of halogens is 1. The van der Waals surface area contributed by atoms with Crippen molar-refractivity contribution in [3.05, 3.63) is 52.8 Å². The molecule has 1 N–H and O–H groups in total. The molecule has 2 heterocycles. The lowest BCUT2D eigenvalue weighted by Crippen LogP contribution is -2.55. The molecule has 0 atom stereocenters. The zero-order valence-corrected chi connectivity index (χ0v) is 16.5. The standard InChI is InChI=1S/C19H25ClN6O/c1-21-19(22-8-7-16-11-23-24(2)12-16)26-10-9-25(18(27)14-26)13-15-3-5-17(20)6-4-15/h3-6,11-12H,7-10,13-14H2,1-2H3,(H,21,22). The molecular formula is C19H25ClN6O. The molecule has 2 aromatic rings. The van der Waals surface area contributed by atoms with Gasteiger partial charge >= 0.3 is 0 Å². The molecule has 1 aliphatic heterocycles. The van der Waals surface area contributed by atoms with Gasteiger partial charge in [-0.25, -0.2) is 0 Å². The average molecular weight is 389 g/mol. The van der Waals surface area contributed by atoms with Gasteiger partial charge in [0.25, 0.3) is 0 Å². The Hall–Kier alpha value is -2.54. The summed E-state index contributed by atoms with van der Waals surface area (Å²) in [4.78, 5) is 20.8. The molecule has 0 spiro atoms. The Morgan fingerprint density at radius 3 is 2.67 bits per heavy atom. The molecule has 0 bridgehead atoms. The molecule has 1 saturated heterocycles. The van der Waals surface area contributed by atoms with Gasteiger partial charge in [-0.15, -0.1) is 0 Å². The van der Waals surface area contributed by atoms with Crippen LogP contribution < -0.4 is 5.32 Å². The fraction of sp³-hybridized carbons (Fsp3) is 0.421. The van der Waals surface area contributed by atoms with Crippen molar-refractivity contribution in [3.8, 4) is 0 Å². The minimum Gasteiger partial charge on any atom is -0.356 e. The van der Waals surface area contributed by atoms with E-state index in [2.05, 4.69) is 15.4 Å². The normalized spacial score (nSPS) is 15.4. The number of nitrogens with one attached hydrogen (secondary N) is 1. The maximum atomic E-state index is 12.6. The van der Waals surface area contributed by atoms with Crippen LogP contribution in [0.3, 0.4) is 0 Å². The summed E-state index contributed by atoms with van der Waals surface area (Å²) in [6.45, 7) is 3.12.